The summed E-state index contributed by atoms with van der Waals surface area (Å²) < 4.78 is 0. The number of hydrogen-bond acceptors (Lipinski definition) is 2. The Labute approximate surface area is 60.2 Å². The highest BCUT2D eigenvalue weighted by Crippen LogP contribution is 2.23. The predicted octanol–water partition coefficient (Wildman–Crippen LogP) is 1.58. The molecule has 2 nitrogen and oxygen atoms in total. The van der Waals surface area contributed by atoms with E-state index in [9.17, 15) is 4.79 Å². The second-order valence-electron chi connectivity index (χ2n) is 2.52. The van der Waals surface area contributed by atoms with Crippen LogP contribution in [-0.2, 0) is 4.79 Å². The predicted molar refractivity (Wildman–Crippen MR) is 37.2 cm³/mol. The van der Waals surface area contributed by atoms with Crippen LogP contribution in [0.2, 0.25) is 0 Å². The van der Waals surface area contributed by atoms with Gasteiger partial charge >= 0.3 is 0 Å². The Morgan fingerprint density at radius 1 is 1.60 bits per heavy atom. The van der Waals surface area contributed by atoms with Crippen molar-refractivity contribution in [1.29, 1.82) is 5.26 Å². The molecule has 0 saturated carbocycles. The lowest BCUT2D eigenvalue weighted by molar-refractivity contribution is -0.114. The van der Waals surface area contributed by atoms with Crippen LogP contribution < -0.4 is 0 Å². The Hall–Kier alpha value is -1.10. The molecule has 10 heavy (non-hydrogen) atoms. The second-order valence-corrected chi connectivity index (χ2v) is 2.52. The van der Waals surface area contributed by atoms with E-state index in [1.54, 1.807) is 0 Å². The fraction of sp³-hybridized carbons (Fsp3) is 0.500. The topological polar surface area (TPSA) is 40.9 Å². The van der Waals surface area contributed by atoms with Gasteiger partial charge < -0.3 is 0 Å². The average Bonchev–Trinajstić information content (AvgIpc) is 2.20. The summed E-state index contributed by atoms with van der Waals surface area (Å²) in [5.41, 5.74) is 1.86. The zero-order chi connectivity index (χ0) is 7.56. The van der Waals surface area contributed by atoms with E-state index in [0.29, 0.717) is 12.8 Å². The second kappa shape index (κ2) is 2.66. The molecule has 1 rings (SSSR count). The molecule has 0 aromatic carbocycles. The Bertz CT molecular complexity index is 232. The van der Waals surface area contributed by atoms with Gasteiger partial charge in [-0.1, -0.05) is 5.57 Å². The first-order chi connectivity index (χ1) is 4.75. The Balaban J connectivity index is 2.80. The molecule has 0 aromatic rings. The molecule has 2 heteroatoms. The van der Waals surface area contributed by atoms with E-state index in [1.165, 1.54) is 0 Å². The standard InChI is InChI=1S/C8H9NO/c1-6-2-3-8(10)7(6)4-5-9/h2-4H2,1H3. The number of carbonyl (C=O) groups is 1. The molecule has 1 aliphatic rings. The normalized spacial score (nSPS) is 17.8. The van der Waals surface area contributed by atoms with Gasteiger partial charge in [-0.2, -0.15) is 5.26 Å². The van der Waals surface area contributed by atoms with E-state index < -0.39 is 0 Å². The molecule has 0 aliphatic heterocycles. The van der Waals surface area contributed by atoms with Crippen molar-refractivity contribution in [2.45, 2.75) is 26.2 Å². The molecule has 52 valence electrons. The van der Waals surface area contributed by atoms with Crippen molar-refractivity contribution in [2.75, 3.05) is 0 Å². The van der Waals surface area contributed by atoms with E-state index in [4.69, 9.17) is 5.26 Å². The number of ketones is 1. The summed E-state index contributed by atoms with van der Waals surface area (Å²) in [7, 11) is 0. The zero-order valence-corrected chi connectivity index (χ0v) is 5.98. The summed E-state index contributed by atoms with van der Waals surface area (Å²) in [6.07, 6.45) is 1.77. The quantitative estimate of drug-likeness (QED) is 0.547. The van der Waals surface area contributed by atoms with Crippen LogP contribution in [0.4, 0.5) is 0 Å². The molecular weight excluding hydrogens is 126 g/mol. The number of carbonyl (C=O) groups excluding carboxylic acids is 1. The molecule has 0 bridgehead atoms. The maximum atomic E-state index is 11.0. The highest BCUT2D eigenvalue weighted by molar-refractivity contribution is 5.98. The van der Waals surface area contributed by atoms with Crippen LogP contribution in [-0.4, -0.2) is 5.78 Å². The van der Waals surface area contributed by atoms with Crippen LogP contribution in [0.5, 0.6) is 0 Å². The Morgan fingerprint density at radius 3 is 2.70 bits per heavy atom. The lowest BCUT2D eigenvalue weighted by Crippen LogP contribution is -1.94. The summed E-state index contributed by atoms with van der Waals surface area (Å²) in [6, 6.07) is 1.99. The van der Waals surface area contributed by atoms with Crippen LogP contribution in [0.1, 0.15) is 26.2 Å². The van der Waals surface area contributed by atoms with Gasteiger partial charge in [-0.15, -0.1) is 0 Å². The van der Waals surface area contributed by atoms with Crippen LogP contribution >= 0.6 is 0 Å². The number of hydrogen-bond donors (Lipinski definition) is 0. The van der Waals surface area contributed by atoms with Crippen molar-refractivity contribution >= 4 is 5.78 Å². The van der Waals surface area contributed by atoms with Crippen molar-refractivity contribution in [2.24, 2.45) is 0 Å². The lowest BCUT2D eigenvalue weighted by Gasteiger charge is -1.91. The summed E-state index contributed by atoms with van der Waals surface area (Å²) in [5.74, 6) is 0.166. The fourth-order valence-corrected chi connectivity index (χ4v) is 1.17. The van der Waals surface area contributed by atoms with Crippen molar-refractivity contribution < 1.29 is 4.79 Å². The van der Waals surface area contributed by atoms with E-state index in [1.807, 2.05) is 13.0 Å². The number of nitriles is 1. The van der Waals surface area contributed by atoms with Gasteiger partial charge in [0, 0.05) is 12.0 Å². The van der Waals surface area contributed by atoms with E-state index in [-0.39, 0.29) is 5.78 Å². The first kappa shape index (κ1) is 7.01. The average molecular weight is 135 g/mol. The third-order valence-electron chi connectivity index (χ3n) is 1.83. The Morgan fingerprint density at radius 2 is 2.30 bits per heavy atom. The van der Waals surface area contributed by atoms with Gasteiger partial charge in [0.1, 0.15) is 0 Å². The van der Waals surface area contributed by atoms with Crippen LogP contribution in [0.15, 0.2) is 11.1 Å². The van der Waals surface area contributed by atoms with Gasteiger partial charge in [-0.05, 0) is 13.3 Å². The summed E-state index contributed by atoms with van der Waals surface area (Å²) in [5, 5.41) is 8.33. The molecule has 1 aliphatic carbocycles. The van der Waals surface area contributed by atoms with Gasteiger partial charge in [0.2, 0.25) is 0 Å². The van der Waals surface area contributed by atoms with Crippen LogP contribution in [0.3, 0.4) is 0 Å². The largest absolute Gasteiger partial charge is 0.295 e. The molecule has 0 saturated heterocycles. The van der Waals surface area contributed by atoms with E-state index >= 15 is 0 Å². The van der Waals surface area contributed by atoms with Crippen molar-refractivity contribution in [1.82, 2.24) is 0 Å². The number of nitrogens with zero attached hydrogens (tertiary/aromatic N) is 1. The molecule has 0 fully saturated rings. The number of Topliss-reactive ketones (excluding diaryl/α,β-unsaturated/α-hetero) is 1. The van der Waals surface area contributed by atoms with Gasteiger partial charge in [-0.25, -0.2) is 0 Å². The fourth-order valence-electron chi connectivity index (χ4n) is 1.17. The summed E-state index contributed by atoms with van der Waals surface area (Å²) in [6.45, 7) is 1.93. The number of allylic oxidation sites excluding steroid dienone is 2. The maximum absolute atomic E-state index is 11.0. The van der Waals surface area contributed by atoms with E-state index in [0.717, 1.165) is 17.6 Å². The van der Waals surface area contributed by atoms with Crippen LogP contribution in [0, 0.1) is 11.3 Å². The summed E-state index contributed by atoms with van der Waals surface area (Å²) in [4.78, 5) is 11.0. The molecule has 0 N–H and O–H groups in total. The highest BCUT2D eigenvalue weighted by atomic mass is 16.1. The molecule has 0 aromatic heterocycles. The molecule has 0 unspecified atom stereocenters. The maximum Gasteiger partial charge on any atom is 0.160 e. The number of rotatable bonds is 1. The van der Waals surface area contributed by atoms with Crippen molar-refractivity contribution in [3.8, 4) is 6.07 Å². The van der Waals surface area contributed by atoms with Gasteiger partial charge in [0.15, 0.2) is 5.78 Å². The first-order valence-electron chi connectivity index (χ1n) is 3.34. The minimum absolute atomic E-state index is 0.166. The smallest absolute Gasteiger partial charge is 0.160 e. The molecule has 0 radical (unpaired) electrons. The van der Waals surface area contributed by atoms with E-state index in [2.05, 4.69) is 0 Å². The van der Waals surface area contributed by atoms with Crippen molar-refractivity contribution in [3.63, 3.8) is 0 Å². The van der Waals surface area contributed by atoms with Gasteiger partial charge in [0.05, 0.1) is 12.5 Å². The highest BCUT2D eigenvalue weighted by Gasteiger charge is 2.18. The summed E-state index contributed by atoms with van der Waals surface area (Å²) >= 11 is 0. The van der Waals surface area contributed by atoms with Gasteiger partial charge in [0.25, 0.3) is 0 Å². The SMILES string of the molecule is CC1=C(CC#N)C(=O)CC1. The molecule has 0 spiro atoms. The Kier molecular flexibility index (Phi) is 1.86. The molecule has 0 atom stereocenters. The molecule has 0 amide bonds. The first-order valence-corrected chi connectivity index (χ1v) is 3.34. The third kappa shape index (κ3) is 1.08. The van der Waals surface area contributed by atoms with Gasteiger partial charge in [-0.3, -0.25) is 4.79 Å². The molecule has 0 heterocycles. The molecular formula is C8H9NO. The zero-order valence-electron chi connectivity index (χ0n) is 5.98. The third-order valence-corrected chi connectivity index (χ3v) is 1.83. The minimum Gasteiger partial charge on any atom is -0.295 e. The van der Waals surface area contributed by atoms with Crippen LogP contribution in [0.25, 0.3) is 0 Å². The minimum atomic E-state index is 0.166. The monoisotopic (exact) mass is 135 g/mol. The van der Waals surface area contributed by atoms with Crippen molar-refractivity contribution in [3.05, 3.63) is 11.1 Å². The lowest BCUT2D eigenvalue weighted by atomic mass is 10.1.